The van der Waals surface area contributed by atoms with Gasteiger partial charge in [0.05, 0.1) is 17.7 Å². The largest absolute Gasteiger partial charge is 0.515 e. The average molecular weight is 342 g/mol. The standard InChI is InChI=1S/C14H16BrNO4/c1-3-7-19-9-5-6-11-10(8-9)12(15)13(16-11)20-14(17)18-4-2/h5-6,8,16H,3-4,7H2,1-2H3. The van der Waals surface area contributed by atoms with Gasteiger partial charge in [-0.05, 0) is 47.5 Å². The van der Waals surface area contributed by atoms with Crippen LogP contribution in [0.1, 0.15) is 20.3 Å². The predicted octanol–water partition coefficient (Wildman–Crippen LogP) is 4.25. The summed E-state index contributed by atoms with van der Waals surface area (Å²) >= 11 is 3.41. The smallest absolute Gasteiger partial charge is 0.494 e. The lowest BCUT2D eigenvalue weighted by molar-refractivity contribution is 0.103. The van der Waals surface area contributed by atoms with Crippen LogP contribution < -0.4 is 9.47 Å². The first-order valence-corrected chi connectivity index (χ1v) is 7.23. The topological polar surface area (TPSA) is 60.5 Å². The summed E-state index contributed by atoms with van der Waals surface area (Å²) in [4.78, 5) is 14.4. The predicted molar refractivity (Wildman–Crippen MR) is 79.4 cm³/mol. The number of halogens is 1. The second kappa shape index (κ2) is 6.65. The van der Waals surface area contributed by atoms with Crippen LogP contribution in [0.5, 0.6) is 11.6 Å². The Morgan fingerprint density at radius 2 is 2.15 bits per heavy atom. The zero-order valence-electron chi connectivity index (χ0n) is 11.4. The van der Waals surface area contributed by atoms with Crippen LogP contribution in [0.15, 0.2) is 22.7 Å². The summed E-state index contributed by atoms with van der Waals surface area (Å²) in [5.74, 6) is 1.10. The van der Waals surface area contributed by atoms with Crippen LogP contribution in [0, 0.1) is 0 Å². The van der Waals surface area contributed by atoms with Crippen LogP contribution in [0.25, 0.3) is 10.9 Å². The highest BCUT2D eigenvalue weighted by Gasteiger charge is 2.15. The summed E-state index contributed by atoms with van der Waals surface area (Å²) in [5.41, 5.74) is 0.847. The van der Waals surface area contributed by atoms with E-state index >= 15 is 0 Å². The fourth-order valence-corrected chi connectivity index (χ4v) is 2.23. The van der Waals surface area contributed by atoms with Crippen molar-refractivity contribution in [3.63, 3.8) is 0 Å². The van der Waals surface area contributed by atoms with Crippen LogP contribution in [0.4, 0.5) is 4.79 Å². The monoisotopic (exact) mass is 341 g/mol. The van der Waals surface area contributed by atoms with Gasteiger partial charge in [0.2, 0.25) is 5.88 Å². The first-order valence-electron chi connectivity index (χ1n) is 6.44. The van der Waals surface area contributed by atoms with Gasteiger partial charge in [-0.25, -0.2) is 4.79 Å². The number of nitrogens with one attached hydrogen (secondary N) is 1. The van der Waals surface area contributed by atoms with E-state index < -0.39 is 6.16 Å². The summed E-state index contributed by atoms with van der Waals surface area (Å²) in [6.45, 7) is 4.71. The third kappa shape index (κ3) is 3.25. The molecule has 2 aromatic rings. The lowest BCUT2D eigenvalue weighted by Gasteiger charge is -2.03. The van der Waals surface area contributed by atoms with E-state index in [2.05, 4.69) is 27.8 Å². The first-order chi connectivity index (χ1) is 9.65. The lowest BCUT2D eigenvalue weighted by atomic mass is 10.2. The highest BCUT2D eigenvalue weighted by atomic mass is 79.9. The molecule has 0 unspecified atom stereocenters. The van der Waals surface area contributed by atoms with Crippen molar-refractivity contribution < 1.29 is 19.0 Å². The van der Waals surface area contributed by atoms with Gasteiger partial charge in [0.15, 0.2) is 0 Å². The quantitative estimate of drug-likeness (QED) is 0.825. The highest BCUT2D eigenvalue weighted by Crippen LogP contribution is 2.35. The Hall–Kier alpha value is -1.69. The number of carbonyl (C=O) groups is 1. The van der Waals surface area contributed by atoms with E-state index in [0.29, 0.717) is 17.0 Å². The molecule has 0 fully saturated rings. The van der Waals surface area contributed by atoms with E-state index in [0.717, 1.165) is 23.1 Å². The van der Waals surface area contributed by atoms with Gasteiger partial charge >= 0.3 is 6.16 Å². The summed E-state index contributed by atoms with van der Waals surface area (Å²) in [5, 5.41) is 0.887. The molecule has 0 aliphatic rings. The Balaban J connectivity index is 2.25. The molecule has 0 aliphatic heterocycles. The molecule has 20 heavy (non-hydrogen) atoms. The number of hydrogen-bond donors (Lipinski definition) is 1. The van der Waals surface area contributed by atoms with Gasteiger partial charge in [0, 0.05) is 10.9 Å². The SMILES string of the molecule is CCCOc1ccc2[nH]c(OC(=O)OCC)c(Br)c2c1. The van der Waals surface area contributed by atoms with Gasteiger partial charge in [0.25, 0.3) is 0 Å². The molecule has 0 saturated heterocycles. The molecule has 2 rings (SSSR count). The van der Waals surface area contributed by atoms with Crippen molar-refractivity contribution in [1.82, 2.24) is 4.98 Å². The van der Waals surface area contributed by atoms with Crippen LogP contribution >= 0.6 is 15.9 Å². The van der Waals surface area contributed by atoms with E-state index in [1.54, 1.807) is 6.92 Å². The number of aromatic nitrogens is 1. The second-order valence-electron chi connectivity index (χ2n) is 4.11. The molecule has 6 heteroatoms. The number of hydrogen-bond acceptors (Lipinski definition) is 4. The van der Waals surface area contributed by atoms with Crippen LogP contribution in [0.3, 0.4) is 0 Å². The molecule has 1 aromatic carbocycles. The summed E-state index contributed by atoms with van der Waals surface area (Å²) < 4.78 is 16.1. The minimum Gasteiger partial charge on any atom is -0.494 e. The molecule has 108 valence electrons. The molecule has 0 atom stereocenters. The van der Waals surface area contributed by atoms with Crippen molar-refractivity contribution in [3.8, 4) is 11.6 Å². The van der Waals surface area contributed by atoms with Crippen LogP contribution in [0.2, 0.25) is 0 Å². The van der Waals surface area contributed by atoms with E-state index in [1.165, 1.54) is 0 Å². The van der Waals surface area contributed by atoms with Crippen molar-refractivity contribution >= 4 is 33.0 Å². The van der Waals surface area contributed by atoms with Gasteiger partial charge in [-0.15, -0.1) is 0 Å². The maximum absolute atomic E-state index is 11.3. The molecule has 0 bridgehead atoms. The van der Waals surface area contributed by atoms with Gasteiger partial charge in [0.1, 0.15) is 5.75 Å². The molecular formula is C14H16BrNO4. The molecule has 5 nitrogen and oxygen atoms in total. The molecule has 0 spiro atoms. The molecule has 1 aromatic heterocycles. The van der Waals surface area contributed by atoms with Gasteiger partial charge in [-0.1, -0.05) is 6.92 Å². The van der Waals surface area contributed by atoms with Crippen LogP contribution in [-0.2, 0) is 4.74 Å². The minimum atomic E-state index is -0.734. The number of benzene rings is 1. The molecule has 0 aliphatic carbocycles. The summed E-state index contributed by atoms with van der Waals surface area (Å²) in [7, 11) is 0. The maximum Gasteiger partial charge on any atom is 0.515 e. The van der Waals surface area contributed by atoms with E-state index in [4.69, 9.17) is 14.2 Å². The molecule has 1 N–H and O–H groups in total. The van der Waals surface area contributed by atoms with Gasteiger partial charge in [-0.2, -0.15) is 0 Å². The number of fused-ring (bicyclic) bond motifs is 1. The van der Waals surface area contributed by atoms with E-state index in [-0.39, 0.29) is 6.61 Å². The van der Waals surface area contributed by atoms with Crippen molar-refractivity contribution in [2.75, 3.05) is 13.2 Å². The third-order valence-electron chi connectivity index (χ3n) is 2.60. The minimum absolute atomic E-state index is 0.270. The molecule has 1 heterocycles. The normalized spacial score (nSPS) is 10.6. The fourth-order valence-electron chi connectivity index (χ4n) is 1.72. The maximum atomic E-state index is 11.3. The molecule has 0 saturated carbocycles. The fraction of sp³-hybridized carbons (Fsp3) is 0.357. The van der Waals surface area contributed by atoms with Crippen molar-refractivity contribution in [1.29, 1.82) is 0 Å². The number of H-pyrrole nitrogens is 1. The first kappa shape index (κ1) is 14.7. The number of ether oxygens (including phenoxy) is 3. The molecule has 0 radical (unpaired) electrons. The Morgan fingerprint density at radius 3 is 2.85 bits per heavy atom. The zero-order chi connectivity index (χ0) is 14.5. The Morgan fingerprint density at radius 1 is 1.35 bits per heavy atom. The van der Waals surface area contributed by atoms with E-state index in [9.17, 15) is 4.79 Å². The zero-order valence-corrected chi connectivity index (χ0v) is 13.0. The summed E-state index contributed by atoms with van der Waals surface area (Å²) in [6, 6.07) is 5.64. The number of rotatable bonds is 5. The van der Waals surface area contributed by atoms with Crippen LogP contribution in [-0.4, -0.2) is 24.4 Å². The Labute approximate surface area is 125 Å². The second-order valence-corrected chi connectivity index (χ2v) is 4.90. The van der Waals surface area contributed by atoms with Crippen molar-refractivity contribution in [2.45, 2.75) is 20.3 Å². The third-order valence-corrected chi connectivity index (χ3v) is 3.38. The van der Waals surface area contributed by atoms with Crippen molar-refractivity contribution in [2.24, 2.45) is 0 Å². The Kier molecular flexibility index (Phi) is 4.89. The Bertz CT molecular complexity index is 608. The summed E-state index contributed by atoms with van der Waals surface area (Å²) in [6.07, 6.45) is 0.214. The number of aromatic amines is 1. The average Bonchev–Trinajstić information content (AvgIpc) is 2.73. The highest BCUT2D eigenvalue weighted by molar-refractivity contribution is 9.10. The molecular weight excluding hydrogens is 326 g/mol. The molecule has 0 amide bonds. The lowest BCUT2D eigenvalue weighted by Crippen LogP contribution is -2.10. The van der Waals surface area contributed by atoms with Gasteiger partial charge < -0.3 is 19.2 Å². The van der Waals surface area contributed by atoms with Gasteiger partial charge in [-0.3, -0.25) is 0 Å². The number of carbonyl (C=O) groups excluding carboxylic acids is 1. The van der Waals surface area contributed by atoms with Crippen molar-refractivity contribution in [3.05, 3.63) is 22.7 Å². The van der Waals surface area contributed by atoms with E-state index in [1.807, 2.05) is 18.2 Å².